The fourth-order valence-electron chi connectivity index (χ4n) is 2.25. The van der Waals surface area contributed by atoms with E-state index in [-0.39, 0.29) is 12.2 Å². The van der Waals surface area contributed by atoms with Crippen LogP contribution in [0, 0.1) is 23.3 Å². The van der Waals surface area contributed by atoms with Gasteiger partial charge < -0.3 is 15.5 Å². The average Bonchev–Trinajstić information content (AvgIpc) is 2.63. The number of carbonyl (C=O) groups excluding carboxylic acids is 2. The second kappa shape index (κ2) is 8.63. The summed E-state index contributed by atoms with van der Waals surface area (Å²) >= 11 is 0. The van der Waals surface area contributed by atoms with Crippen LogP contribution in [-0.4, -0.2) is 31.4 Å². The Morgan fingerprint density at radius 3 is 2.26 bits per heavy atom. The number of anilines is 2. The first-order valence-corrected chi connectivity index (χ1v) is 8.01. The molecule has 2 aromatic carbocycles. The molecule has 2 rings (SSSR count). The summed E-state index contributed by atoms with van der Waals surface area (Å²) in [5, 5.41) is 4.55. The largest absolute Gasteiger partial charge is 0.320 e. The van der Waals surface area contributed by atoms with Gasteiger partial charge in [0.15, 0.2) is 30.0 Å². The van der Waals surface area contributed by atoms with Crippen molar-refractivity contribution in [1.29, 1.82) is 0 Å². The molecule has 0 saturated heterocycles. The van der Waals surface area contributed by atoms with Crippen LogP contribution in [0.5, 0.6) is 0 Å². The zero-order chi connectivity index (χ0) is 20.1. The summed E-state index contributed by atoms with van der Waals surface area (Å²) < 4.78 is 53.3. The van der Waals surface area contributed by atoms with Gasteiger partial charge in [-0.05, 0) is 31.2 Å². The molecule has 0 heterocycles. The highest BCUT2D eigenvalue weighted by Crippen LogP contribution is 2.19. The van der Waals surface area contributed by atoms with Gasteiger partial charge in [0, 0.05) is 0 Å². The Morgan fingerprint density at radius 1 is 0.926 bits per heavy atom. The first kappa shape index (κ1) is 20.4. The predicted octanol–water partition coefficient (Wildman–Crippen LogP) is 1.72. The van der Waals surface area contributed by atoms with E-state index in [2.05, 4.69) is 10.6 Å². The van der Waals surface area contributed by atoms with E-state index in [0.29, 0.717) is 11.0 Å². The topological polar surface area (TPSA) is 62.6 Å². The number of halogens is 4. The van der Waals surface area contributed by atoms with Crippen LogP contribution in [0.25, 0.3) is 0 Å². The van der Waals surface area contributed by atoms with Gasteiger partial charge in [0.05, 0.1) is 18.4 Å². The number of benzene rings is 2. The van der Waals surface area contributed by atoms with Crippen LogP contribution in [0.3, 0.4) is 0 Å². The van der Waals surface area contributed by atoms with Gasteiger partial charge in [-0.1, -0.05) is 12.1 Å². The van der Waals surface area contributed by atoms with Crippen molar-refractivity contribution >= 4 is 23.2 Å². The second-order valence-corrected chi connectivity index (χ2v) is 5.99. The molecule has 144 valence electrons. The molecule has 0 fully saturated rings. The van der Waals surface area contributed by atoms with Crippen molar-refractivity contribution < 1.29 is 32.1 Å². The maximum absolute atomic E-state index is 13.6. The quantitative estimate of drug-likeness (QED) is 0.525. The lowest BCUT2D eigenvalue weighted by molar-refractivity contribution is -0.885. The summed E-state index contributed by atoms with van der Waals surface area (Å²) in [5.74, 6) is -6.39. The van der Waals surface area contributed by atoms with Gasteiger partial charge >= 0.3 is 0 Å². The summed E-state index contributed by atoms with van der Waals surface area (Å²) in [4.78, 5) is 24.6. The van der Waals surface area contributed by atoms with E-state index < -0.39 is 46.8 Å². The fraction of sp³-hybridized carbons (Fsp3) is 0.222. The van der Waals surface area contributed by atoms with E-state index in [4.69, 9.17) is 0 Å². The smallest absolute Gasteiger partial charge is 0.282 e. The number of hydrogen-bond acceptors (Lipinski definition) is 2. The van der Waals surface area contributed by atoms with Gasteiger partial charge in [-0.25, -0.2) is 17.6 Å². The van der Waals surface area contributed by atoms with Gasteiger partial charge in [0.1, 0.15) is 5.82 Å². The molecule has 0 aliphatic carbocycles. The van der Waals surface area contributed by atoms with Gasteiger partial charge in [0.2, 0.25) is 0 Å². The molecular weight excluding hydrogens is 366 g/mol. The lowest BCUT2D eigenvalue weighted by Gasteiger charge is -2.20. The summed E-state index contributed by atoms with van der Waals surface area (Å²) in [5.41, 5.74) is -0.495. The van der Waals surface area contributed by atoms with E-state index in [1.807, 2.05) is 0 Å². The predicted molar refractivity (Wildman–Crippen MR) is 91.2 cm³/mol. The van der Waals surface area contributed by atoms with Crippen LogP contribution in [-0.2, 0) is 9.59 Å². The Balaban J connectivity index is 1.96. The second-order valence-electron chi connectivity index (χ2n) is 5.99. The maximum Gasteiger partial charge on any atom is 0.282 e. The summed E-state index contributed by atoms with van der Waals surface area (Å²) in [7, 11) is 1.53. The normalized spacial score (nSPS) is 13.0. The zero-order valence-corrected chi connectivity index (χ0v) is 14.6. The Labute approximate surface area is 153 Å². The molecule has 1 unspecified atom stereocenters. The van der Waals surface area contributed by atoms with Crippen molar-refractivity contribution in [3.8, 4) is 0 Å². The summed E-state index contributed by atoms with van der Waals surface area (Å²) in [6.45, 7) is 1.27. The van der Waals surface area contributed by atoms with Crippen LogP contribution in [0.4, 0.5) is 28.9 Å². The van der Waals surface area contributed by atoms with Crippen molar-refractivity contribution in [1.82, 2.24) is 0 Å². The number of amides is 2. The summed E-state index contributed by atoms with van der Waals surface area (Å²) in [6, 6.07) is 6.47. The molecular formula is C18H18F4N3O2+. The molecule has 0 aromatic heterocycles. The molecule has 2 atom stereocenters. The Morgan fingerprint density at radius 2 is 1.59 bits per heavy atom. The van der Waals surface area contributed by atoms with Crippen molar-refractivity contribution in [3.05, 3.63) is 59.7 Å². The van der Waals surface area contributed by atoms with Gasteiger partial charge in [-0.15, -0.1) is 0 Å². The first-order chi connectivity index (χ1) is 12.7. The standard InChI is InChI=1S/C18H17F4N3O2/c1-10(18(27)24-13-6-4-3-5-11(13)19)25(2)9-15(26)23-14-8-7-12(20)16(21)17(14)22/h3-8,10H,9H2,1-2H3,(H,23,26)(H,24,27)/p+1/t10-/m0/s1. The number of quaternary nitrogens is 1. The minimum Gasteiger partial charge on any atom is -0.320 e. The van der Waals surface area contributed by atoms with E-state index in [1.165, 1.54) is 32.2 Å². The molecule has 0 bridgehead atoms. The Kier molecular flexibility index (Phi) is 6.51. The minimum absolute atomic E-state index is 0.00969. The average molecular weight is 384 g/mol. The highest BCUT2D eigenvalue weighted by Gasteiger charge is 2.25. The SMILES string of the molecule is C[C@@H](C(=O)Nc1ccccc1F)[NH+](C)CC(=O)Nc1ccc(F)c(F)c1F. The third-order valence-electron chi connectivity index (χ3n) is 4.01. The van der Waals surface area contributed by atoms with Crippen LogP contribution >= 0.6 is 0 Å². The van der Waals surface area contributed by atoms with Crippen LogP contribution in [0.1, 0.15) is 6.92 Å². The first-order valence-electron chi connectivity index (χ1n) is 8.01. The molecule has 3 N–H and O–H groups in total. The summed E-state index contributed by atoms with van der Waals surface area (Å²) in [6.07, 6.45) is 0. The molecule has 2 aromatic rings. The highest BCUT2D eigenvalue weighted by molar-refractivity contribution is 5.94. The molecule has 9 heteroatoms. The lowest BCUT2D eigenvalue weighted by Crippen LogP contribution is -3.14. The molecule has 27 heavy (non-hydrogen) atoms. The van der Waals surface area contributed by atoms with Crippen LogP contribution in [0.2, 0.25) is 0 Å². The molecule has 0 spiro atoms. The van der Waals surface area contributed by atoms with Crippen molar-refractivity contribution in [3.63, 3.8) is 0 Å². The Bertz CT molecular complexity index is 860. The van der Waals surface area contributed by atoms with E-state index in [1.54, 1.807) is 6.07 Å². The zero-order valence-electron chi connectivity index (χ0n) is 14.6. The number of rotatable bonds is 6. The van der Waals surface area contributed by atoms with Crippen LogP contribution < -0.4 is 15.5 Å². The van der Waals surface area contributed by atoms with Crippen molar-refractivity contribution in [2.75, 3.05) is 24.2 Å². The molecule has 0 aliphatic rings. The van der Waals surface area contributed by atoms with Gasteiger partial charge in [-0.2, -0.15) is 0 Å². The van der Waals surface area contributed by atoms with Crippen molar-refractivity contribution in [2.45, 2.75) is 13.0 Å². The number of hydrogen-bond donors (Lipinski definition) is 3. The third kappa shape index (κ3) is 5.04. The van der Waals surface area contributed by atoms with Crippen LogP contribution in [0.15, 0.2) is 36.4 Å². The molecule has 0 saturated carbocycles. The van der Waals surface area contributed by atoms with Crippen molar-refractivity contribution in [2.24, 2.45) is 0 Å². The lowest BCUT2D eigenvalue weighted by atomic mass is 10.2. The van der Waals surface area contributed by atoms with Gasteiger partial charge in [0.25, 0.3) is 11.8 Å². The Hall–Kier alpha value is -2.94. The van der Waals surface area contributed by atoms with E-state index in [0.717, 1.165) is 6.07 Å². The molecule has 5 nitrogen and oxygen atoms in total. The number of likely N-dealkylation sites (N-methyl/N-ethyl adjacent to an activating group) is 1. The molecule has 2 amide bonds. The molecule has 0 radical (unpaired) electrons. The van der Waals surface area contributed by atoms with Gasteiger partial charge in [-0.3, -0.25) is 9.59 Å². The van der Waals surface area contributed by atoms with E-state index in [9.17, 15) is 27.2 Å². The fourth-order valence-corrected chi connectivity index (χ4v) is 2.25. The highest BCUT2D eigenvalue weighted by atomic mass is 19.2. The number of carbonyl (C=O) groups is 2. The molecule has 0 aliphatic heterocycles. The minimum atomic E-state index is -1.69. The van der Waals surface area contributed by atoms with E-state index >= 15 is 0 Å². The number of para-hydroxylation sites is 1. The monoisotopic (exact) mass is 384 g/mol. The number of nitrogens with one attached hydrogen (secondary N) is 3. The third-order valence-corrected chi connectivity index (χ3v) is 4.01. The maximum atomic E-state index is 13.6.